The third-order valence-electron chi connectivity index (χ3n) is 3.13. The van der Waals surface area contributed by atoms with Gasteiger partial charge in [-0.05, 0) is 6.42 Å². The van der Waals surface area contributed by atoms with Gasteiger partial charge in [-0.1, -0.05) is 58.3 Å². The number of carbonyl (C=O) groups excluding carboxylic acids is 1. The Bertz CT molecular complexity index is 337. The van der Waals surface area contributed by atoms with Gasteiger partial charge in [0.05, 0.1) is 7.11 Å². The van der Waals surface area contributed by atoms with Crippen molar-refractivity contribution in [2.75, 3.05) is 7.11 Å². The molecule has 0 aromatic rings. The molecular weight excluding hydrogens is 268 g/mol. The molecule has 0 saturated heterocycles. The number of unbranched alkanes of at least 4 members (excludes halogenated alkanes) is 7. The van der Waals surface area contributed by atoms with Gasteiger partial charge in [0.2, 0.25) is 0 Å². The lowest BCUT2D eigenvalue weighted by atomic mass is 10.1. The van der Waals surface area contributed by atoms with Crippen LogP contribution in [0.3, 0.4) is 0 Å². The molecule has 5 nitrogen and oxygen atoms in total. The van der Waals surface area contributed by atoms with Gasteiger partial charge in [-0.25, -0.2) is 8.42 Å². The van der Waals surface area contributed by atoms with Crippen molar-refractivity contribution in [3.63, 3.8) is 0 Å². The molecule has 0 aromatic heterocycles. The minimum absolute atomic E-state index is 0.0630. The highest BCUT2D eigenvalue weighted by molar-refractivity contribution is 7.87. The van der Waals surface area contributed by atoms with Crippen molar-refractivity contribution in [3.8, 4) is 0 Å². The summed E-state index contributed by atoms with van der Waals surface area (Å²) in [6, 6.07) is 0. The van der Waals surface area contributed by atoms with E-state index in [1.54, 1.807) is 0 Å². The topological polar surface area (TPSA) is 83.5 Å². The predicted molar refractivity (Wildman–Crippen MR) is 72.7 cm³/mol. The Morgan fingerprint density at radius 1 is 1.05 bits per heavy atom. The molecule has 0 amide bonds. The van der Waals surface area contributed by atoms with Gasteiger partial charge in [0, 0.05) is 0 Å². The molecule has 0 aliphatic rings. The highest BCUT2D eigenvalue weighted by Gasteiger charge is 2.25. The van der Waals surface area contributed by atoms with Crippen LogP contribution in [0, 0.1) is 0 Å². The first-order valence-electron chi connectivity index (χ1n) is 6.96. The van der Waals surface area contributed by atoms with Crippen molar-refractivity contribution in [1.29, 1.82) is 0 Å². The molecule has 0 spiro atoms. The lowest BCUT2D eigenvalue weighted by molar-refractivity contribution is -0.140. The summed E-state index contributed by atoms with van der Waals surface area (Å²) in [5, 5.41) is -1.54. The average Bonchev–Trinajstić information content (AvgIpc) is 2.34. The Hall–Kier alpha value is -0.620. The summed E-state index contributed by atoms with van der Waals surface area (Å²) in [6.45, 7) is 2.16. The lowest BCUT2D eigenvalue weighted by Gasteiger charge is -2.17. The minimum atomic E-state index is -4.61. The molecule has 1 unspecified atom stereocenters. The Morgan fingerprint density at radius 3 is 1.95 bits per heavy atom. The van der Waals surface area contributed by atoms with E-state index >= 15 is 0 Å². The van der Waals surface area contributed by atoms with Gasteiger partial charge in [-0.15, -0.1) is 0 Å². The quantitative estimate of drug-likeness (QED) is 0.332. The van der Waals surface area contributed by atoms with E-state index in [9.17, 15) is 17.8 Å². The summed E-state index contributed by atoms with van der Waals surface area (Å²) in [4.78, 5) is 11.2. The van der Waals surface area contributed by atoms with Crippen molar-refractivity contribution in [2.24, 2.45) is 0 Å². The smallest absolute Gasteiger partial charge is 0.322 e. The maximum Gasteiger partial charge on any atom is 0.322 e. The molecule has 0 aromatic carbocycles. The number of hydrogen-bond donors (Lipinski definition) is 0. The van der Waals surface area contributed by atoms with Gasteiger partial charge in [0.25, 0.3) is 0 Å². The Balaban J connectivity index is 3.80. The van der Waals surface area contributed by atoms with E-state index in [-0.39, 0.29) is 6.42 Å². The third-order valence-corrected chi connectivity index (χ3v) is 4.26. The van der Waals surface area contributed by atoms with Crippen LogP contribution >= 0.6 is 0 Å². The van der Waals surface area contributed by atoms with Crippen LogP contribution in [0.15, 0.2) is 0 Å². The minimum Gasteiger partial charge on any atom is -0.747 e. The van der Waals surface area contributed by atoms with Crippen molar-refractivity contribution < 1.29 is 22.5 Å². The number of hydrogen-bond acceptors (Lipinski definition) is 5. The van der Waals surface area contributed by atoms with Crippen LogP contribution in [-0.4, -0.2) is 31.3 Å². The van der Waals surface area contributed by atoms with Gasteiger partial charge in [0.15, 0.2) is 0 Å². The molecular formula is C13H25O5S-. The molecule has 0 fully saturated rings. The maximum atomic E-state index is 11.2. The molecule has 0 N–H and O–H groups in total. The Kier molecular flexibility index (Phi) is 9.87. The zero-order valence-electron chi connectivity index (χ0n) is 11.9. The van der Waals surface area contributed by atoms with Crippen LogP contribution in [0.25, 0.3) is 0 Å². The third kappa shape index (κ3) is 8.99. The molecule has 114 valence electrons. The molecule has 0 bridgehead atoms. The summed E-state index contributed by atoms with van der Waals surface area (Å²) in [5.41, 5.74) is 0. The van der Waals surface area contributed by atoms with Gasteiger partial charge in [0.1, 0.15) is 15.4 Å². The first-order chi connectivity index (χ1) is 8.93. The van der Waals surface area contributed by atoms with Crippen LogP contribution in [0.1, 0.15) is 64.7 Å². The molecule has 0 saturated carbocycles. The summed E-state index contributed by atoms with van der Waals surface area (Å²) >= 11 is 0. The van der Waals surface area contributed by atoms with Crippen molar-refractivity contribution in [2.45, 2.75) is 70.0 Å². The van der Waals surface area contributed by atoms with Crippen LogP contribution < -0.4 is 0 Å². The highest BCUT2D eigenvalue weighted by Crippen LogP contribution is 2.14. The van der Waals surface area contributed by atoms with Crippen molar-refractivity contribution in [3.05, 3.63) is 0 Å². The van der Waals surface area contributed by atoms with Crippen LogP contribution in [0.5, 0.6) is 0 Å². The van der Waals surface area contributed by atoms with Gasteiger partial charge in [-0.2, -0.15) is 0 Å². The van der Waals surface area contributed by atoms with E-state index in [1.807, 2.05) is 0 Å². The number of ether oxygens (including phenoxy) is 1. The Labute approximate surface area is 116 Å². The number of esters is 1. The first-order valence-corrected chi connectivity index (χ1v) is 8.43. The molecule has 0 aliphatic carbocycles. The highest BCUT2D eigenvalue weighted by atomic mass is 32.2. The van der Waals surface area contributed by atoms with Gasteiger partial charge >= 0.3 is 5.97 Å². The predicted octanol–water partition coefficient (Wildman–Crippen LogP) is 2.60. The fourth-order valence-corrected chi connectivity index (χ4v) is 2.76. The van der Waals surface area contributed by atoms with Crippen molar-refractivity contribution >= 4 is 16.1 Å². The SMILES string of the molecule is CCCCCCCCCCC(C(=O)OC)S(=O)(=O)[O-]. The van der Waals surface area contributed by atoms with Crippen LogP contribution in [0.2, 0.25) is 0 Å². The monoisotopic (exact) mass is 293 g/mol. The first kappa shape index (κ1) is 18.4. The van der Waals surface area contributed by atoms with Gasteiger partial charge < -0.3 is 9.29 Å². The van der Waals surface area contributed by atoms with E-state index in [1.165, 1.54) is 25.7 Å². The van der Waals surface area contributed by atoms with Crippen molar-refractivity contribution in [1.82, 2.24) is 0 Å². The summed E-state index contributed by atoms with van der Waals surface area (Å²) < 4.78 is 37.1. The summed E-state index contributed by atoms with van der Waals surface area (Å²) in [7, 11) is -3.51. The Morgan fingerprint density at radius 2 is 1.53 bits per heavy atom. The fourth-order valence-electron chi connectivity index (χ4n) is 1.98. The molecule has 6 heteroatoms. The molecule has 0 rings (SSSR count). The molecule has 0 aliphatic heterocycles. The molecule has 1 atom stereocenters. The van der Waals surface area contributed by atoms with Crippen LogP contribution in [0.4, 0.5) is 0 Å². The zero-order chi connectivity index (χ0) is 14.7. The normalized spacial score (nSPS) is 13.2. The molecule has 0 heterocycles. The maximum absolute atomic E-state index is 11.2. The second-order valence-electron chi connectivity index (χ2n) is 4.77. The van der Waals surface area contributed by atoms with E-state index < -0.39 is 21.3 Å². The second-order valence-corrected chi connectivity index (χ2v) is 6.32. The number of carbonyl (C=O) groups is 1. The van der Waals surface area contributed by atoms with E-state index in [0.717, 1.165) is 26.4 Å². The fraction of sp³-hybridized carbons (Fsp3) is 0.923. The average molecular weight is 293 g/mol. The number of rotatable bonds is 11. The lowest BCUT2D eigenvalue weighted by Crippen LogP contribution is -2.31. The van der Waals surface area contributed by atoms with E-state index in [2.05, 4.69) is 11.7 Å². The van der Waals surface area contributed by atoms with E-state index in [4.69, 9.17) is 0 Å². The standard InChI is InChI=1S/C13H26O5S/c1-3-4-5-6-7-8-9-10-11-12(13(14)18-2)19(15,16)17/h12H,3-11H2,1-2H3,(H,15,16,17)/p-1. The molecule has 0 radical (unpaired) electrons. The van der Waals surface area contributed by atoms with Gasteiger partial charge in [-0.3, -0.25) is 4.79 Å². The number of methoxy groups -OCH3 is 1. The largest absolute Gasteiger partial charge is 0.747 e. The summed E-state index contributed by atoms with van der Waals surface area (Å²) in [5.74, 6) is -0.946. The van der Waals surface area contributed by atoms with E-state index in [0.29, 0.717) is 6.42 Å². The van der Waals surface area contributed by atoms with Crippen LogP contribution in [-0.2, 0) is 19.6 Å². The summed E-state index contributed by atoms with van der Waals surface area (Å²) in [6.07, 6.45) is 8.48. The second kappa shape index (κ2) is 10.2. The zero-order valence-corrected chi connectivity index (χ0v) is 12.7. The molecule has 19 heavy (non-hydrogen) atoms.